The fourth-order valence-corrected chi connectivity index (χ4v) is 12.3. The number of carbonyl (C=O) groups is 8. The van der Waals surface area contributed by atoms with Gasteiger partial charge in [0.1, 0.15) is 29.5 Å². The maximum absolute atomic E-state index is 14.0. The molecule has 21 nitrogen and oxygen atoms in total. The molecule has 5 aliphatic rings. The van der Waals surface area contributed by atoms with E-state index in [1.807, 2.05) is 30.3 Å². The van der Waals surface area contributed by atoms with Gasteiger partial charge in [0, 0.05) is 99.1 Å². The van der Waals surface area contributed by atoms with E-state index in [-0.39, 0.29) is 71.9 Å². The third-order valence-electron chi connectivity index (χ3n) is 16.1. The van der Waals surface area contributed by atoms with Crippen LogP contribution < -0.4 is 35.8 Å². The molecule has 434 valence electrons. The quantitative estimate of drug-likeness (QED) is 0.0606. The molecule has 4 N–H and O–H groups in total. The molecule has 8 amide bonds. The lowest BCUT2D eigenvalue weighted by Crippen LogP contribution is -2.74. The second-order valence-electron chi connectivity index (χ2n) is 24.1. The number of ether oxygens (including phenoxy) is 3. The lowest BCUT2D eigenvalue weighted by atomic mass is 9.49. The summed E-state index contributed by atoms with van der Waals surface area (Å²) < 4.78 is 16.8. The van der Waals surface area contributed by atoms with Gasteiger partial charge >= 0.3 is 12.2 Å². The summed E-state index contributed by atoms with van der Waals surface area (Å²) in [4.78, 5) is 118. The Balaban J connectivity index is 0.751. The topological polar surface area (TPSA) is 233 Å². The second-order valence-corrected chi connectivity index (χ2v) is 24.5. The maximum atomic E-state index is 14.0. The predicted molar refractivity (Wildman–Crippen MR) is 303 cm³/mol. The first-order valence-electron chi connectivity index (χ1n) is 27.8. The van der Waals surface area contributed by atoms with E-state index in [0.717, 1.165) is 66.7 Å². The monoisotopic (exact) mass is 1130 g/mol. The number of fused-ring (bicyclic) bond motifs is 1. The van der Waals surface area contributed by atoms with E-state index in [0.29, 0.717) is 41.0 Å². The summed E-state index contributed by atoms with van der Waals surface area (Å²) in [6.45, 7) is 29.2. The molecule has 1 aliphatic carbocycles. The number of imide groups is 2. The maximum Gasteiger partial charge on any atom is 0.408 e. The molecule has 2 atom stereocenters. The van der Waals surface area contributed by atoms with Crippen molar-refractivity contribution in [3.63, 3.8) is 0 Å². The van der Waals surface area contributed by atoms with Crippen LogP contribution >= 0.6 is 11.6 Å². The highest BCUT2D eigenvalue weighted by Gasteiger charge is 2.64. The number of alkyl carbamates (subject to hydrolysis) is 2. The SMILES string of the molecule is [C-]#[N+]c1ccc(OC2C(C)(C)C(NC(=O)c3ccc(N4CCC(CN5CCN(c6ccc7c(c6)C(=O)N(C6CCC(=O)N(COC(=O)NCCNC(=O)[C@@H](NC(=O)OC(C)(C)C)C(C)C)C6=O)C7=O)CC5)CC4)cc3)C2(C)C)cc1Cl. The van der Waals surface area contributed by atoms with Crippen molar-refractivity contribution in [2.45, 2.75) is 118 Å². The third kappa shape index (κ3) is 13.3. The summed E-state index contributed by atoms with van der Waals surface area (Å²) in [5, 5.41) is 11.2. The number of hydrogen-bond donors (Lipinski definition) is 4. The number of nitrogens with zero attached hydrogens (tertiary/aromatic N) is 6. The van der Waals surface area contributed by atoms with Crippen LogP contribution in [0, 0.1) is 29.2 Å². The number of carbonyl (C=O) groups excluding carboxylic acids is 8. The second kappa shape index (κ2) is 24.3. The average Bonchev–Trinajstić information content (AvgIpc) is 2.17. The van der Waals surface area contributed by atoms with E-state index in [9.17, 15) is 38.4 Å². The number of rotatable bonds is 17. The van der Waals surface area contributed by atoms with Gasteiger partial charge in [-0.2, -0.15) is 0 Å². The highest BCUT2D eigenvalue weighted by atomic mass is 35.5. The number of amides is 8. The molecule has 0 spiro atoms. The Labute approximate surface area is 478 Å². The highest BCUT2D eigenvalue weighted by molar-refractivity contribution is 6.33. The first-order chi connectivity index (χ1) is 38.3. The largest absolute Gasteiger partial charge is 0.489 e. The molecule has 4 heterocycles. The van der Waals surface area contributed by atoms with Crippen molar-refractivity contribution >= 4 is 76.3 Å². The Hall–Kier alpha value is -7.44. The molecule has 1 saturated carbocycles. The molecule has 22 heteroatoms. The summed E-state index contributed by atoms with van der Waals surface area (Å²) in [6, 6.07) is 15.7. The Morgan fingerprint density at radius 1 is 0.778 bits per heavy atom. The summed E-state index contributed by atoms with van der Waals surface area (Å²) in [5.74, 6) is -2.53. The van der Waals surface area contributed by atoms with Crippen LogP contribution in [0.4, 0.5) is 26.7 Å². The van der Waals surface area contributed by atoms with E-state index >= 15 is 0 Å². The molecule has 1 unspecified atom stereocenters. The normalized spacial score (nSPS) is 21.4. The standard InChI is InChI=1S/C59H75ClN10O11/c1-35(2)47(64-56(78)81-57(3,4)5)49(73)62-23-24-63-55(77)79-34-69-46(71)20-19-45(52(69)76)70-50(74)41-17-15-39(31-42(41)51(70)75)68-29-27-66(28-30-68)33-36-21-25-67(26-22-36)38-13-11-37(12-14-38)48(72)65-53-58(6,7)54(59(53,8)9)80-40-16-18-44(61-10)43(60)32-40/h11-18,31-32,35-36,45,47,53-54H,19-30,33-34H2,1-9H3,(H,62,73)(H,63,77)(H,64,78)(H,65,72)/t45?,47-,53?,54?/m0/s1. The molecule has 81 heavy (non-hydrogen) atoms. The van der Waals surface area contributed by atoms with Gasteiger partial charge in [-0.05, 0) is 106 Å². The minimum absolute atomic E-state index is 0.0273. The Morgan fingerprint density at radius 3 is 2.04 bits per heavy atom. The molecule has 0 bridgehead atoms. The molecule has 3 aromatic carbocycles. The first kappa shape index (κ1) is 59.7. The van der Waals surface area contributed by atoms with Gasteiger partial charge in [0.25, 0.3) is 23.6 Å². The Morgan fingerprint density at radius 2 is 1.41 bits per heavy atom. The number of anilines is 2. The zero-order valence-corrected chi connectivity index (χ0v) is 48.4. The van der Waals surface area contributed by atoms with Gasteiger partial charge in [0.2, 0.25) is 17.5 Å². The van der Waals surface area contributed by atoms with E-state index in [2.05, 4.69) is 68.5 Å². The van der Waals surface area contributed by atoms with Crippen LogP contribution in [0.5, 0.6) is 5.75 Å². The van der Waals surface area contributed by atoms with E-state index in [1.54, 1.807) is 65.0 Å². The molecule has 0 aromatic heterocycles. The first-order valence-corrected chi connectivity index (χ1v) is 28.2. The van der Waals surface area contributed by atoms with E-state index in [1.165, 1.54) is 0 Å². The number of piperazine rings is 1. The van der Waals surface area contributed by atoms with Crippen molar-refractivity contribution in [3.05, 3.63) is 93.8 Å². The van der Waals surface area contributed by atoms with Crippen molar-refractivity contribution in [2.24, 2.45) is 22.7 Å². The molecular weight excluding hydrogens is 1060 g/mol. The molecule has 4 aliphatic heterocycles. The fourth-order valence-electron chi connectivity index (χ4n) is 12.1. The van der Waals surface area contributed by atoms with Gasteiger partial charge in [-0.1, -0.05) is 59.2 Å². The number of piperidine rings is 2. The molecule has 8 rings (SSSR count). The fraction of sp³-hybridized carbons (Fsp3) is 0.542. The zero-order chi connectivity index (χ0) is 58.7. The molecule has 3 aromatic rings. The van der Waals surface area contributed by atoms with Gasteiger partial charge in [-0.3, -0.25) is 38.6 Å². The minimum atomic E-state index is -1.28. The average molecular weight is 1140 g/mol. The van der Waals surface area contributed by atoms with Gasteiger partial charge in [0.15, 0.2) is 6.73 Å². The van der Waals surface area contributed by atoms with Crippen LogP contribution in [0.25, 0.3) is 4.85 Å². The molecule has 0 radical (unpaired) electrons. The van der Waals surface area contributed by atoms with Crippen molar-refractivity contribution < 1.29 is 52.6 Å². The lowest BCUT2D eigenvalue weighted by molar-refractivity contribution is -0.164. The smallest absolute Gasteiger partial charge is 0.408 e. The Kier molecular flexibility index (Phi) is 17.9. The third-order valence-corrected chi connectivity index (χ3v) is 16.4. The summed E-state index contributed by atoms with van der Waals surface area (Å²) >= 11 is 6.28. The molecule has 4 fully saturated rings. The van der Waals surface area contributed by atoms with Gasteiger partial charge in [-0.25, -0.2) is 19.3 Å². The van der Waals surface area contributed by atoms with Crippen LogP contribution in [-0.4, -0.2) is 158 Å². The zero-order valence-electron chi connectivity index (χ0n) is 47.7. The van der Waals surface area contributed by atoms with Crippen LogP contribution in [0.15, 0.2) is 60.7 Å². The van der Waals surface area contributed by atoms with Gasteiger partial charge in [-0.15, -0.1) is 0 Å². The van der Waals surface area contributed by atoms with Crippen molar-refractivity contribution in [3.8, 4) is 5.75 Å². The molecular formula is C59H75ClN10O11. The van der Waals surface area contributed by atoms with Crippen LogP contribution in [0.1, 0.15) is 119 Å². The number of benzene rings is 3. The van der Waals surface area contributed by atoms with Crippen molar-refractivity contribution in [1.29, 1.82) is 0 Å². The van der Waals surface area contributed by atoms with Crippen molar-refractivity contribution in [1.82, 2.24) is 36.0 Å². The van der Waals surface area contributed by atoms with E-state index < -0.39 is 66.1 Å². The number of halogens is 1. The van der Waals surface area contributed by atoms with Crippen LogP contribution in [0.2, 0.25) is 5.02 Å². The Bertz CT molecular complexity index is 2940. The summed E-state index contributed by atoms with van der Waals surface area (Å²) in [5.41, 5.74) is 1.68. The number of nitrogens with one attached hydrogen (secondary N) is 4. The van der Waals surface area contributed by atoms with E-state index in [4.69, 9.17) is 32.4 Å². The van der Waals surface area contributed by atoms with Gasteiger partial charge in [0.05, 0.1) is 22.7 Å². The van der Waals surface area contributed by atoms with Crippen LogP contribution in [-0.2, 0) is 23.9 Å². The van der Waals surface area contributed by atoms with Gasteiger partial charge < -0.3 is 45.3 Å². The lowest BCUT2D eigenvalue weighted by Gasteiger charge is -2.63. The number of hydrogen-bond acceptors (Lipinski definition) is 14. The summed E-state index contributed by atoms with van der Waals surface area (Å²) in [7, 11) is 0. The minimum Gasteiger partial charge on any atom is -0.489 e. The van der Waals surface area contributed by atoms with Crippen molar-refractivity contribution in [2.75, 3.05) is 75.4 Å². The molecule has 3 saturated heterocycles. The highest BCUT2D eigenvalue weighted by Crippen LogP contribution is 2.56. The summed E-state index contributed by atoms with van der Waals surface area (Å²) in [6.07, 6.45) is -0.107. The predicted octanol–water partition coefficient (Wildman–Crippen LogP) is 7.00. The number of likely N-dealkylation sites (tertiary alicyclic amines) is 1. The van der Waals surface area contributed by atoms with Crippen LogP contribution in [0.3, 0.4) is 0 Å².